The summed E-state index contributed by atoms with van der Waals surface area (Å²) in [7, 11) is 0. The second-order valence-corrected chi connectivity index (χ2v) is 6.56. The summed E-state index contributed by atoms with van der Waals surface area (Å²) in [5.74, 6) is 0.945. The van der Waals surface area contributed by atoms with Crippen LogP contribution in [0.1, 0.15) is 79.1 Å². The average molecular weight is 239 g/mol. The maximum absolute atomic E-state index is 3.78. The molecule has 17 heavy (non-hydrogen) atoms. The Morgan fingerprint density at radius 3 is 2.24 bits per heavy atom. The van der Waals surface area contributed by atoms with Gasteiger partial charge in [0.05, 0.1) is 0 Å². The van der Waals surface area contributed by atoms with Crippen molar-refractivity contribution in [3.05, 3.63) is 0 Å². The number of rotatable bonds is 10. The van der Waals surface area contributed by atoms with Crippen LogP contribution in [0.3, 0.4) is 0 Å². The summed E-state index contributed by atoms with van der Waals surface area (Å²) in [6, 6.07) is 0.798. The van der Waals surface area contributed by atoms with Crippen LogP contribution < -0.4 is 5.32 Å². The maximum atomic E-state index is 3.78. The van der Waals surface area contributed by atoms with Crippen molar-refractivity contribution in [1.29, 1.82) is 0 Å². The van der Waals surface area contributed by atoms with Gasteiger partial charge in [0.25, 0.3) is 0 Å². The highest BCUT2D eigenvalue weighted by atomic mass is 14.9. The lowest BCUT2D eigenvalue weighted by molar-refractivity contribution is 0.372. The zero-order valence-corrected chi connectivity index (χ0v) is 12.5. The van der Waals surface area contributed by atoms with E-state index in [-0.39, 0.29) is 0 Å². The predicted molar refractivity (Wildman–Crippen MR) is 77.3 cm³/mol. The van der Waals surface area contributed by atoms with Gasteiger partial charge in [0.1, 0.15) is 0 Å². The summed E-state index contributed by atoms with van der Waals surface area (Å²) in [4.78, 5) is 0. The molecule has 0 aromatic rings. The van der Waals surface area contributed by atoms with Crippen molar-refractivity contribution in [2.24, 2.45) is 11.3 Å². The first-order valence-corrected chi connectivity index (χ1v) is 7.85. The van der Waals surface area contributed by atoms with Crippen LogP contribution in [-0.2, 0) is 0 Å². The molecule has 1 rings (SSSR count). The van der Waals surface area contributed by atoms with Gasteiger partial charge in [0, 0.05) is 6.04 Å². The molecule has 0 amide bonds. The van der Waals surface area contributed by atoms with Gasteiger partial charge in [0.15, 0.2) is 0 Å². The summed E-state index contributed by atoms with van der Waals surface area (Å²) >= 11 is 0. The van der Waals surface area contributed by atoms with Crippen LogP contribution in [0, 0.1) is 11.3 Å². The summed E-state index contributed by atoms with van der Waals surface area (Å²) < 4.78 is 0. The fourth-order valence-corrected chi connectivity index (χ4v) is 2.94. The number of unbranched alkanes of at least 4 members (excludes halogenated alkanes) is 4. The Balaban J connectivity index is 2.18. The molecule has 1 heteroatoms. The molecule has 0 aliphatic heterocycles. The van der Waals surface area contributed by atoms with Gasteiger partial charge in [-0.15, -0.1) is 0 Å². The van der Waals surface area contributed by atoms with E-state index in [9.17, 15) is 0 Å². The molecule has 0 bridgehead atoms. The smallest absolute Gasteiger partial charge is 0.0101 e. The van der Waals surface area contributed by atoms with E-state index in [2.05, 4.69) is 33.0 Å². The molecule has 0 saturated heterocycles. The molecule has 0 aromatic heterocycles. The van der Waals surface area contributed by atoms with Crippen LogP contribution in [-0.4, -0.2) is 12.6 Å². The summed E-state index contributed by atoms with van der Waals surface area (Å²) in [6.45, 7) is 10.6. The second kappa shape index (κ2) is 7.41. The van der Waals surface area contributed by atoms with Crippen molar-refractivity contribution < 1.29 is 0 Å². The first-order chi connectivity index (χ1) is 8.11. The SMILES string of the molecule is CCCCCCCC(NCCC)C1CC1(C)C. The van der Waals surface area contributed by atoms with Crippen molar-refractivity contribution in [3.63, 3.8) is 0 Å². The van der Waals surface area contributed by atoms with E-state index < -0.39 is 0 Å². The highest BCUT2D eigenvalue weighted by Gasteiger charge is 2.49. The van der Waals surface area contributed by atoms with Crippen LogP contribution in [0.15, 0.2) is 0 Å². The minimum absolute atomic E-state index is 0.620. The molecule has 102 valence electrons. The van der Waals surface area contributed by atoms with E-state index in [0.29, 0.717) is 5.41 Å². The van der Waals surface area contributed by atoms with Crippen molar-refractivity contribution in [2.75, 3.05) is 6.54 Å². The molecular weight excluding hydrogens is 206 g/mol. The van der Waals surface area contributed by atoms with Gasteiger partial charge in [-0.3, -0.25) is 0 Å². The van der Waals surface area contributed by atoms with E-state index in [4.69, 9.17) is 0 Å². The number of hydrogen-bond acceptors (Lipinski definition) is 1. The van der Waals surface area contributed by atoms with Gasteiger partial charge >= 0.3 is 0 Å². The molecule has 1 saturated carbocycles. The molecule has 0 spiro atoms. The topological polar surface area (TPSA) is 12.0 Å². The molecule has 2 atom stereocenters. The lowest BCUT2D eigenvalue weighted by Gasteiger charge is -2.20. The highest BCUT2D eigenvalue weighted by molar-refractivity contribution is 5.01. The van der Waals surface area contributed by atoms with E-state index in [0.717, 1.165) is 12.0 Å². The summed E-state index contributed by atoms with van der Waals surface area (Å²) in [5.41, 5.74) is 0.620. The zero-order chi connectivity index (χ0) is 12.7. The minimum Gasteiger partial charge on any atom is -0.314 e. The monoisotopic (exact) mass is 239 g/mol. The van der Waals surface area contributed by atoms with Gasteiger partial charge < -0.3 is 5.32 Å². The van der Waals surface area contributed by atoms with Crippen LogP contribution in [0.5, 0.6) is 0 Å². The molecule has 1 aliphatic rings. The third-order valence-corrected chi connectivity index (χ3v) is 4.35. The lowest BCUT2D eigenvalue weighted by atomic mass is 9.98. The fraction of sp³-hybridized carbons (Fsp3) is 1.00. The van der Waals surface area contributed by atoms with Gasteiger partial charge in [-0.1, -0.05) is 59.8 Å². The van der Waals surface area contributed by atoms with Crippen LogP contribution in [0.25, 0.3) is 0 Å². The molecular formula is C16H33N. The number of hydrogen-bond donors (Lipinski definition) is 1. The van der Waals surface area contributed by atoms with Crippen molar-refractivity contribution in [2.45, 2.75) is 85.1 Å². The van der Waals surface area contributed by atoms with Crippen LogP contribution >= 0.6 is 0 Å². The number of nitrogens with one attached hydrogen (secondary N) is 1. The van der Waals surface area contributed by atoms with Crippen molar-refractivity contribution in [3.8, 4) is 0 Å². The molecule has 2 unspecified atom stereocenters. The van der Waals surface area contributed by atoms with Crippen molar-refractivity contribution in [1.82, 2.24) is 5.32 Å². The molecule has 0 aromatic carbocycles. The largest absolute Gasteiger partial charge is 0.314 e. The Kier molecular flexibility index (Phi) is 6.54. The average Bonchev–Trinajstić information content (AvgIpc) is 2.92. The molecule has 1 fully saturated rings. The Bertz CT molecular complexity index is 198. The minimum atomic E-state index is 0.620. The van der Waals surface area contributed by atoms with Crippen LogP contribution in [0.4, 0.5) is 0 Å². The van der Waals surface area contributed by atoms with Gasteiger partial charge in [-0.25, -0.2) is 0 Å². The van der Waals surface area contributed by atoms with E-state index in [1.165, 1.54) is 57.9 Å². The highest BCUT2D eigenvalue weighted by Crippen LogP contribution is 2.54. The third-order valence-electron chi connectivity index (χ3n) is 4.35. The quantitative estimate of drug-likeness (QED) is 0.542. The normalized spacial score (nSPS) is 23.6. The Hall–Kier alpha value is -0.0400. The zero-order valence-electron chi connectivity index (χ0n) is 12.5. The predicted octanol–water partition coefficient (Wildman–Crippen LogP) is 4.76. The van der Waals surface area contributed by atoms with Crippen molar-refractivity contribution >= 4 is 0 Å². The third kappa shape index (κ3) is 5.42. The lowest BCUT2D eigenvalue weighted by Crippen LogP contribution is -2.33. The standard InChI is InChI=1S/C16H33N/c1-5-7-8-9-10-11-15(17-12-6-2)14-13-16(14,3)4/h14-15,17H,5-13H2,1-4H3. The first kappa shape index (κ1) is 15.0. The van der Waals surface area contributed by atoms with Crippen LogP contribution in [0.2, 0.25) is 0 Å². The van der Waals surface area contributed by atoms with E-state index >= 15 is 0 Å². The molecule has 1 nitrogen and oxygen atoms in total. The van der Waals surface area contributed by atoms with E-state index in [1.54, 1.807) is 0 Å². The molecule has 0 heterocycles. The summed E-state index contributed by atoms with van der Waals surface area (Å²) in [5, 5.41) is 3.78. The second-order valence-electron chi connectivity index (χ2n) is 6.56. The molecule has 1 aliphatic carbocycles. The van der Waals surface area contributed by atoms with Gasteiger partial charge in [0.2, 0.25) is 0 Å². The maximum Gasteiger partial charge on any atom is 0.0101 e. The Morgan fingerprint density at radius 1 is 1.06 bits per heavy atom. The Morgan fingerprint density at radius 2 is 1.71 bits per heavy atom. The fourth-order valence-electron chi connectivity index (χ4n) is 2.94. The first-order valence-electron chi connectivity index (χ1n) is 7.85. The Labute approximate surface area is 109 Å². The summed E-state index contributed by atoms with van der Waals surface area (Å²) in [6.07, 6.45) is 11.2. The van der Waals surface area contributed by atoms with E-state index in [1.807, 2.05) is 0 Å². The van der Waals surface area contributed by atoms with Gasteiger partial charge in [-0.2, -0.15) is 0 Å². The molecule has 1 N–H and O–H groups in total. The van der Waals surface area contributed by atoms with Gasteiger partial charge in [-0.05, 0) is 37.1 Å². The molecule has 0 radical (unpaired) electrons.